The molecule has 0 amide bonds. The van der Waals surface area contributed by atoms with E-state index in [1.165, 1.54) is 0 Å². The Balaban J connectivity index is 2.10. The Morgan fingerprint density at radius 3 is 3.12 bits per heavy atom. The van der Waals surface area contributed by atoms with E-state index in [4.69, 9.17) is 22.7 Å². The lowest BCUT2D eigenvalue weighted by Crippen LogP contribution is -2.31. The van der Waals surface area contributed by atoms with Crippen molar-refractivity contribution in [2.75, 3.05) is 6.54 Å². The number of H-pyrrole nitrogens is 1. The zero-order valence-corrected chi connectivity index (χ0v) is 9.30. The van der Waals surface area contributed by atoms with Gasteiger partial charge in [0.05, 0.1) is 11.0 Å². The number of nitrogens with one attached hydrogen (secondary N) is 3. The summed E-state index contributed by atoms with van der Waals surface area (Å²) in [4.78, 5) is 7.55. The maximum atomic E-state index is 7.01. The molecule has 6 heteroatoms. The molecule has 5 N–H and O–H groups in total. The first-order valence-corrected chi connectivity index (χ1v) is 5.25. The second kappa shape index (κ2) is 4.40. The van der Waals surface area contributed by atoms with E-state index in [1.54, 1.807) is 0 Å². The van der Waals surface area contributed by atoms with Crippen LogP contribution in [0.15, 0.2) is 18.2 Å². The van der Waals surface area contributed by atoms with Crippen LogP contribution in [0.5, 0.6) is 0 Å². The van der Waals surface area contributed by atoms with Crippen molar-refractivity contribution in [3.05, 3.63) is 29.0 Å². The number of fused-ring (bicyclic) bond motifs is 1. The third kappa shape index (κ3) is 2.43. The molecule has 1 aromatic carbocycles. The lowest BCUT2D eigenvalue weighted by atomic mass is 10.3. The molecule has 0 aliphatic heterocycles. The molecule has 0 radical (unpaired) electrons. The summed E-state index contributed by atoms with van der Waals surface area (Å²) < 4.78 is 0. The van der Waals surface area contributed by atoms with E-state index in [0.29, 0.717) is 18.0 Å². The van der Waals surface area contributed by atoms with Crippen molar-refractivity contribution in [3.63, 3.8) is 0 Å². The summed E-state index contributed by atoms with van der Waals surface area (Å²) in [5.41, 5.74) is 6.99. The van der Waals surface area contributed by atoms with Crippen LogP contribution in [0.3, 0.4) is 0 Å². The third-order valence-electron chi connectivity index (χ3n) is 2.17. The first kappa shape index (κ1) is 10.8. The van der Waals surface area contributed by atoms with Gasteiger partial charge in [-0.3, -0.25) is 5.41 Å². The van der Waals surface area contributed by atoms with E-state index >= 15 is 0 Å². The number of aromatic amines is 1. The van der Waals surface area contributed by atoms with E-state index in [2.05, 4.69) is 15.3 Å². The average molecular weight is 238 g/mol. The van der Waals surface area contributed by atoms with Crippen molar-refractivity contribution >= 4 is 28.6 Å². The maximum Gasteiger partial charge on any atom is 0.185 e. The van der Waals surface area contributed by atoms with Crippen LogP contribution in [0.25, 0.3) is 11.0 Å². The largest absolute Gasteiger partial charge is 0.370 e. The van der Waals surface area contributed by atoms with Crippen molar-refractivity contribution in [1.82, 2.24) is 15.3 Å². The normalized spacial score (nSPS) is 10.6. The molecule has 0 aliphatic rings. The Morgan fingerprint density at radius 2 is 2.38 bits per heavy atom. The highest BCUT2D eigenvalue weighted by atomic mass is 35.5. The summed E-state index contributed by atoms with van der Waals surface area (Å²) in [5, 5.41) is 10.4. The van der Waals surface area contributed by atoms with Gasteiger partial charge >= 0.3 is 0 Å². The zero-order valence-electron chi connectivity index (χ0n) is 8.55. The summed E-state index contributed by atoms with van der Waals surface area (Å²) in [6.07, 6.45) is 0.686. The Hall–Kier alpha value is -1.75. The van der Waals surface area contributed by atoms with E-state index < -0.39 is 0 Å². The lowest BCUT2D eigenvalue weighted by Gasteiger charge is -2.00. The Labute approximate surface area is 97.5 Å². The van der Waals surface area contributed by atoms with Gasteiger partial charge in [-0.05, 0) is 18.2 Å². The molecule has 0 saturated heterocycles. The number of halogens is 1. The van der Waals surface area contributed by atoms with Crippen LogP contribution in [0.4, 0.5) is 0 Å². The minimum absolute atomic E-state index is 0.0286. The molecule has 0 bridgehead atoms. The molecule has 0 saturated carbocycles. The second-order valence-corrected chi connectivity index (χ2v) is 3.87. The van der Waals surface area contributed by atoms with Gasteiger partial charge < -0.3 is 16.0 Å². The highest BCUT2D eigenvalue weighted by Crippen LogP contribution is 2.17. The van der Waals surface area contributed by atoms with Crippen molar-refractivity contribution in [2.24, 2.45) is 5.73 Å². The summed E-state index contributed by atoms with van der Waals surface area (Å²) >= 11 is 5.86. The van der Waals surface area contributed by atoms with Crippen LogP contribution in [0.2, 0.25) is 5.02 Å². The summed E-state index contributed by atoms with van der Waals surface area (Å²) in [7, 11) is 0. The topological polar surface area (TPSA) is 90.6 Å². The van der Waals surface area contributed by atoms with Crippen LogP contribution >= 0.6 is 11.6 Å². The first-order valence-electron chi connectivity index (χ1n) is 4.87. The van der Waals surface area contributed by atoms with Gasteiger partial charge in [0.25, 0.3) is 0 Å². The molecule has 1 heterocycles. The SMILES string of the molecule is N=C(N)NCCc1nc2cc(Cl)ccc2[nH]1. The van der Waals surface area contributed by atoms with Crippen LogP contribution < -0.4 is 11.1 Å². The number of hydrogen-bond donors (Lipinski definition) is 4. The molecule has 1 aromatic heterocycles. The van der Waals surface area contributed by atoms with Gasteiger partial charge in [0.2, 0.25) is 0 Å². The van der Waals surface area contributed by atoms with Crippen LogP contribution in [-0.4, -0.2) is 22.5 Å². The third-order valence-corrected chi connectivity index (χ3v) is 2.41. The summed E-state index contributed by atoms with van der Waals surface area (Å²) in [6, 6.07) is 5.53. The van der Waals surface area contributed by atoms with Crippen LogP contribution in [-0.2, 0) is 6.42 Å². The van der Waals surface area contributed by atoms with Crippen LogP contribution in [0, 0.1) is 5.41 Å². The number of nitrogens with zero attached hydrogens (tertiary/aromatic N) is 1. The van der Waals surface area contributed by atoms with Crippen molar-refractivity contribution in [1.29, 1.82) is 5.41 Å². The maximum absolute atomic E-state index is 7.01. The molecule has 2 aromatic rings. The highest BCUT2D eigenvalue weighted by Gasteiger charge is 2.02. The Bertz CT molecular complexity index is 519. The molecule has 0 aliphatic carbocycles. The molecule has 0 unspecified atom stereocenters. The number of hydrogen-bond acceptors (Lipinski definition) is 2. The van der Waals surface area contributed by atoms with Gasteiger partial charge in [0.1, 0.15) is 5.82 Å². The summed E-state index contributed by atoms with van der Waals surface area (Å²) in [6.45, 7) is 0.586. The number of nitrogens with two attached hydrogens (primary N) is 1. The minimum Gasteiger partial charge on any atom is -0.370 e. The predicted octanol–water partition coefficient (Wildman–Crippen LogP) is 1.24. The van der Waals surface area contributed by atoms with Crippen molar-refractivity contribution in [3.8, 4) is 0 Å². The van der Waals surface area contributed by atoms with E-state index in [0.717, 1.165) is 16.9 Å². The van der Waals surface area contributed by atoms with Crippen molar-refractivity contribution < 1.29 is 0 Å². The molecular weight excluding hydrogens is 226 g/mol. The number of aromatic nitrogens is 2. The first-order chi connectivity index (χ1) is 7.65. The fraction of sp³-hybridized carbons (Fsp3) is 0.200. The summed E-state index contributed by atoms with van der Waals surface area (Å²) in [5.74, 6) is 0.824. The van der Waals surface area contributed by atoms with Crippen molar-refractivity contribution in [2.45, 2.75) is 6.42 Å². The predicted molar refractivity (Wildman–Crippen MR) is 64.7 cm³/mol. The zero-order chi connectivity index (χ0) is 11.5. The van der Waals surface area contributed by atoms with E-state index in [-0.39, 0.29) is 5.96 Å². The van der Waals surface area contributed by atoms with Gasteiger partial charge in [0, 0.05) is 18.0 Å². The second-order valence-electron chi connectivity index (χ2n) is 3.44. The average Bonchev–Trinajstić information content (AvgIpc) is 2.58. The lowest BCUT2D eigenvalue weighted by molar-refractivity contribution is 0.818. The number of rotatable bonds is 3. The van der Waals surface area contributed by atoms with Crippen LogP contribution in [0.1, 0.15) is 5.82 Å². The molecule has 0 atom stereocenters. The molecule has 84 valence electrons. The molecule has 16 heavy (non-hydrogen) atoms. The number of benzene rings is 1. The van der Waals surface area contributed by atoms with Gasteiger partial charge in [-0.15, -0.1) is 0 Å². The standard InChI is InChI=1S/C10H12ClN5/c11-6-1-2-7-8(5-6)16-9(15-7)3-4-14-10(12)13/h1-2,5H,3-4H2,(H,15,16)(H4,12,13,14). The van der Waals surface area contributed by atoms with Gasteiger partial charge in [-0.25, -0.2) is 4.98 Å². The number of guanidine groups is 1. The van der Waals surface area contributed by atoms with E-state index in [9.17, 15) is 0 Å². The number of imidazole rings is 1. The Kier molecular flexibility index (Phi) is 2.96. The molecule has 2 rings (SSSR count). The molecule has 5 nitrogen and oxygen atoms in total. The molecule has 0 fully saturated rings. The fourth-order valence-electron chi connectivity index (χ4n) is 1.47. The molecular formula is C10H12ClN5. The van der Waals surface area contributed by atoms with Gasteiger partial charge in [0.15, 0.2) is 5.96 Å². The fourth-order valence-corrected chi connectivity index (χ4v) is 1.63. The minimum atomic E-state index is -0.0286. The van der Waals surface area contributed by atoms with Gasteiger partial charge in [-0.2, -0.15) is 0 Å². The monoisotopic (exact) mass is 237 g/mol. The van der Waals surface area contributed by atoms with Gasteiger partial charge in [-0.1, -0.05) is 11.6 Å². The van der Waals surface area contributed by atoms with E-state index in [1.807, 2.05) is 18.2 Å². The quantitative estimate of drug-likeness (QED) is 0.478. The highest BCUT2D eigenvalue weighted by molar-refractivity contribution is 6.31. The Morgan fingerprint density at radius 1 is 1.56 bits per heavy atom. The molecule has 0 spiro atoms. The smallest absolute Gasteiger partial charge is 0.185 e.